The molecular formula is C30H48O3. The fraction of sp³-hybridized carbons (Fsp3) is 0.933. The fourth-order valence-corrected chi connectivity index (χ4v) is 11.0. The summed E-state index contributed by atoms with van der Waals surface area (Å²) in [5.41, 5.74) is 0.107. The minimum atomic E-state index is -0.406. The van der Waals surface area contributed by atoms with E-state index in [1.807, 2.05) is 0 Å². The number of aliphatic hydroxyl groups is 1. The quantitative estimate of drug-likeness (QED) is 0.446. The van der Waals surface area contributed by atoms with Gasteiger partial charge in [-0.3, -0.25) is 9.59 Å². The van der Waals surface area contributed by atoms with Gasteiger partial charge in [0, 0.05) is 29.6 Å². The second kappa shape index (κ2) is 6.74. The number of Topliss-reactive ketones (excluding diaryl/α,β-unsaturated/α-hetero) is 2. The highest BCUT2D eigenvalue weighted by atomic mass is 16.3. The Morgan fingerprint density at radius 2 is 1.42 bits per heavy atom. The molecule has 0 aromatic heterocycles. The first-order chi connectivity index (χ1) is 15.1. The molecule has 1 N–H and O–H groups in total. The summed E-state index contributed by atoms with van der Waals surface area (Å²) in [6.07, 6.45) is 8.50. The van der Waals surface area contributed by atoms with Crippen molar-refractivity contribution >= 4 is 11.6 Å². The molecule has 0 bridgehead atoms. The van der Waals surface area contributed by atoms with Crippen molar-refractivity contribution in [2.24, 2.45) is 56.2 Å². The summed E-state index contributed by atoms with van der Waals surface area (Å²) >= 11 is 0. The Kier molecular flexibility index (Phi) is 4.90. The fourth-order valence-electron chi connectivity index (χ4n) is 11.0. The number of hydrogen-bond donors (Lipinski definition) is 1. The van der Waals surface area contributed by atoms with Gasteiger partial charge in [0.15, 0.2) is 0 Å². The molecule has 5 rings (SSSR count). The number of carbonyl (C=O) groups excluding carboxylic acids is 2. The maximum Gasteiger partial charge on any atom is 0.139 e. The van der Waals surface area contributed by atoms with Crippen LogP contribution in [0.5, 0.6) is 0 Å². The summed E-state index contributed by atoms with van der Waals surface area (Å²) in [7, 11) is 0. The highest BCUT2D eigenvalue weighted by molar-refractivity contribution is 5.85. The summed E-state index contributed by atoms with van der Waals surface area (Å²) in [6, 6.07) is 0. The van der Waals surface area contributed by atoms with Crippen LogP contribution in [-0.4, -0.2) is 22.8 Å². The lowest BCUT2D eigenvalue weighted by molar-refractivity contribution is -0.273. The Morgan fingerprint density at radius 3 is 2.09 bits per heavy atom. The van der Waals surface area contributed by atoms with Gasteiger partial charge in [0.05, 0.1) is 6.10 Å². The van der Waals surface area contributed by atoms with Crippen LogP contribution in [0.4, 0.5) is 0 Å². The molecule has 5 aliphatic rings. The molecule has 0 aliphatic heterocycles. The molecule has 5 aliphatic carbocycles. The monoisotopic (exact) mass is 456 g/mol. The van der Waals surface area contributed by atoms with Gasteiger partial charge in [0.2, 0.25) is 0 Å². The zero-order valence-corrected chi connectivity index (χ0v) is 22.5. The molecule has 186 valence electrons. The Morgan fingerprint density at radius 1 is 0.818 bits per heavy atom. The number of fused-ring (bicyclic) bond motifs is 7. The van der Waals surface area contributed by atoms with Crippen LogP contribution in [-0.2, 0) is 9.59 Å². The van der Waals surface area contributed by atoms with E-state index < -0.39 is 6.10 Å². The number of rotatable bonds is 0. The van der Waals surface area contributed by atoms with E-state index in [2.05, 4.69) is 55.4 Å². The van der Waals surface area contributed by atoms with Crippen molar-refractivity contribution in [2.45, 2.75) is 119 Å². The normalized spacial score (nSPS) is 58.0. The molecule has 33 heavy (non-hydrogen) atoms. The van der Waals surface area contributed by atoms with Gasteiger partial charge < -0.3 is 5.11 Å². The molecule has 3 nitrogen and oxygen atoms in total. The third-order valence-corrected chi connectivity index (χ3v) is 13.7. The first kappa shape index (κ1) is 24.0. The second-order valence-electron chi connectivity index (χ2n) is 15.2. The molecule has 10 atom stereocenters. The van der Waals surface area contributed by atoms with E-state index >= 15 is 0 Å². The Labute approximate surface area is 201 Å². The second-order valence-corrected chi connectivity index (χ2v) is 15.2. The van der Waals surface area contributed by atoms with Crippen LogP contribution < -0.4 is 0 Å². The van der Waals surface area contributed by atoms with Crippen LogP contribution in [0.25, 0.3) is 0 Å². The molecule has 0 amide bonds. The molecule has 0 saturated heterocycles. The van der Waals surface area contributed by atoms with Crippen molar-refractivity contribution in [3.05, 3.63) is 0 Å². The smallest absolute Gasteiger partial charge is 0.139 e. The molecule has 3 heteroatoms. The van der Waals surface area contributed by atoms with Crippen molar-refractivity contribution in [3.63, 3.8) is 0 Å². The lowest BCUT2D eigenvalue weighted by Crippen LogP contribution is -2.70. The Balaban J connectivity index is 1.58. The SMILES string of the molecule is CC1C(=O)CCC2C3(C)CCC4(C)C5CC(C)(C)C(=O)CC5(C)CCC4(C)C3CC(O)C12C. The van der Waals surface area contributed by atoms with Crippen LogP contribution in [0.1, 0.15) is 113 Å². The van der Waals surface area contributed by atoms with Crippen LogP contribution in [0, 0.1) is 56.2 Å². The van der Waals surface area contributed by atoms with Gasteiger partial charge in [0.25, 0.3) is 0 Å². The average molecular weight is 457 g/mol. The molecule has 0 spiro atoms. The minimum Gasteiger partial charge on any atom is -0.393 e. The molecule has 0 heterocycles. The summed E-state index contributed by atoms with van der Waals surface area (Å²) in [4.78, 5) is 25.8. The topological polar surface area (TPSA) is 54.4 Å². The van der Waals surface area contributed by atoms with Gasteiger partial charge in [-0.25, -0.2) is 0 Å². The van der Waals surface area contributed by atoms with Gasteiger partial charge >= 0.3 is 0 Å². The Bertz CT molecular complexity index is 891. The number of ketones is 2. The van der Waals surface area contributed by atoms with Crippen molar-refractivity contribution in [1.82, 2.24) is 0 Å². The van der Waals surface area contributed by atoms with Gasteiger partial charge in [0.1, 0.15) is 11.6 Å². The molecule has 0 aromatic rings. The maximum absolute atomic E-state index is 13.0. The van der Waals surface area contributed by atoms with E-state index in [-0.39, 0.29) is 38.4 Å². The lowest BCUT2D eigenvalue weighted by Gasteiger charge is -2.75. The van der Waals surface area contributed by atoms with E-state index in [0.717, 1.165) is 38.5 Å². The van der Waals surface area contributed by atoms with E-state index in [0.29, 0.717) is 35.7 Å². The first-order valence-corrected chi connectivity index (χ1v) is 13.8. The van der Waals surface area contributed by atoms with Gasteiger partial charge in [-0.2, -0.15) is 0 Å². The predicted octanol–water partition coefficient (Wildman–Crippen LogP) is 6.61. The zero-order valence-electron chi connectivity index (χ0n) is 22.5. The van der Waals surface area contributed by atoms with E-state index in [1.54, 1.807) is 0 Å². The first-order valence-electron chi connectivity index (χ1n) is 13.8. The van der Waals surface area contributed by atoms with Gasteiger partial charge in [-0.1, -0.05) is 55.4 Å². The van der Waals surface area contributed by atoms with E-state index in [9.17, 15) is 14.7 Å². The van der Waals surface area contributed by atoms with Crippen LogP contribution in [0.3, 0.4) is 0 Å². The number of hydrogen-bond acceptors (Lipinski definition) is 3. The van der Waals surface area contributed by atoms with Crippen LogP contribution in [0.2, 0.25) is 0 Å². The highest BCUT2D eigenvalue weighted by Gasteiger charge is 2.72. The molecule has 5 fully saturated rings. The molecular weight excluding hydrogens is 408 g/mol. The summed E-state index contributed by atoms with van der Waals surface area (Å²) in [5.74, 6) is 2.19. The summed E-state index contributed by atoms with van der Waals surface area (Å²) < 4.78 is 0. The molecule has 5 saturated carbocycles. The van der Waals surface area contributed by atoms with Gasteiger partial charge in [-0.15, -0.1) is 0 Å². The average Bonchev–Trinajstić information content (AvgIpc) is 2.72. The Hall–Kier alpha value is -0.700. The zero-order chi connectivity index (χ0) is 24.4. The lowest BCUT2D eigenvalue weighted by atomic mass is 9.30. The number of carbonyl (C=O) groups is 2. The third-order valence-electron chi connectivity index (χ3n) is 13.7. The van der Waals surface area contributed by atoms with Gasteiger partial charge in [-0.05, 0) is 84.4 Å². The number of aliphatic hydroxyl groups excluding tert-OH is 1. The molecule has 0 aromatic carbocycles. The standard InChI is InChI=1S/C30H48O3/c1-18-19(31)9-10-20-27(5)12-14-29(7)22-16-25(2,3)24(33)17-26(22,4)11-13-28(29,6)21(27)15-23(32)30(18,20)8/h18,20-23,32H,9-17H2,1-8H3. The summed E-state index contributed by atoms with van der Waals surface area (Å²) in [6.45, 7) is 18.7. The third kappa shape index (κ3) is 2.73. The largest absolute Gasteiger partial charge is 0.393 e. The predicted molar refractivity (Wildman–Crippen MR) is 132 cm³/mol. The minimum absolute atomic E-state index is 0.0510. The van der Waals surface area contributed by atoms with Crippen molar-refractivity contribution < 1.29 is 14.7 Å². The van der Waals surface area contributed by atoms with Crippen LogP contribution in [0.15, 0.2) is 0 Å². The van der Waals surface area contributed by atoms with Crippen LogP contribution >= 0.6 is 0 Å². The van der Waals surface area contributed by atoms with Crippen molar-refractivity contribution in [2.75, 3.05) is 0 Å². The van der Waals surface area contributed by atoms with E-state index in [4.69, 9.17) is 0 Å². The van der Waals surface area contributed by atoms with E-state index in [1.165, 1.54) is 12.8 Å². The van der Waals surface area contributed by atoms with Crippen molar-refractivity contribution in [3.8, 4) is 0 Å². The maximum atomic E-state index is 13.0. The van der Waals surface area contributed by atoms with Crippen molar-refractivity contribution in [1.29, 1.82) is 0 Å². The highest BCUT2D eigenvalue weighted by Crippen LogP contribution is 2.78. The summed E-state index contributed by atoms with van der Waals surface area (Å²) in [5, 5.41) is 11.7. The molecule has 0 radical (unpaired) electrons. The molecule has 10 unspecified atom stereocenters.